The maximum atomic E-state index is 11.5. The molecule has 1 saturated heterocycles. The van der Waals surface area contributed by atoms with Crippen molar-refractivity contribution in [1.82, 2.24) is 5.32 Å². The van der Waals surface area contributed by atoms with Gasteiger partial charge in [0.2, 0.25) is 0 Å². The second-order valence-corrected chi connectivity index (χ2v) is 7.20. The molecule has 0 radical (unpaired) electrons. The molecule has 2 rings (SSSR count). The Balaban J connectivity index is 2.13. The largest absolute Gasteiger partial charge is 0.389 e. The SMILES string of the molecule is CCCC1CCC(CN)(C2(O)CCNCC2CC)CC1. The average Bonchev–Trinajstić information content (AvgIpc) is 2.49. The Morgan fingerprint density at radius 2 is 1.90 bits per heavy atom. The molecule has 1 aliphatic heterocycles. The number of nitrogens with one attached hydrogen (secondary N) is 1. The highest BCUT2D eigenvalue weighted by atomic mass is 16.3. The number of hydrogen-bond acceptors (Lipinski definition) is 3. The van der Waals surface area contributed by atoms with Gasteiger partial charge in [-0.1, -0.05) is 26.7 Å². The van der Waals surface area contributed by atoms with E-state index in [2.05, 4.69) is 19.2 Å². The van der Waals surface area contributed by atoms with Crippen LogP contribution in [0.25, 0.3) is 0 Å². The molecule has 0 aromatic rings. The van der Waals surface area contributed by atoms with Crippen LogP contribution in [0.4, 0.5) is 0 Å². The van der Waals surface area contributed by atoms with Crippen molar-refractivity contribution in [3.8, 4) is 0 Å². The van der Waals surface area contributed by atoms with Gasteiger partial charge in [0.1, 0.15) is 0 Å². The summed E-state index contributed by atoms with van der Waals surface area (Å²) in [6, 6.07) is 0. The predicted octanol–water partition coefficient (Wildman–Crippen LogP) is 2.67. The number of rotatable bonds is 5. The fraction of sp³-hybridized carbons (Fsp3) is 1.00. The molecule has 1 heterocycles. The van der Waals surface area contributed by atoms with E-state index in [4.69, 9.17) is 5.73 Å². The van der Waals surface area contributed by atoms with Crippen LogP contribution in [-0.4, -0.2) is 30.3 Å². The molecule has 2 unspecified atom stereocenters. The van der Waals surface area contributed by atoms with E-state index in [0.717, 1.165) is 44.7 Å². The first-order chi connectivity index (χ1) is 9.62. The molecular formula is C17H34N2O. The van der Waals surface area contributed by atoms with E-state index in [0.29, 0.717) is 12.5 Å². The van der Waals surface area contributed by atoms with Crippen LogP contribution in [0.2, 0.25) is 0 Å². The summed E-state index contributed by atoms with van der Waals surface area (Å²) in [5.41, 5.74) is 5.64. The Hall–Kier alpha value is -0.120. The lowest BCUT2D eigenvalue weighted by Crippen LogP contribution is -2.63. The van der Waals surface area contributed by atoms with Gasteiger partial charge in [0.05, 0.1) is 5.60 Å². The van der Waals surface area contributed by atoms with E-state index in [-0.39, 0.29) is 5.41 Å². The second kappa shape index (κ2) is 6.76. The smallest absolute Gasteiger partial charge is 0.0767 e. The third-order valence-electron chi connectivity index (χ3n) is 6.31. The van der Waals surface area contributed by atoms with E-state index in [1.165, 1.54) is 25.7 Å². The van der Waals surface area contributed by atoms with Crippen molar-refractivity contribution in [3.63, 3.8) is 0 Å². The summed E-state index contributed by atoms with van der Waals surface area (Å²) in [6.07, 6.45) is 9.32. The quantitative estimate of drug-likeness (QED) is 0.726. The van der Waals surface area contributed by atoms with Crippen molar-refractivity contribution in [2.75, 3.05) is 19.6 Å². The van der Waals surface area contributed by atoms with Gasteiger partial charge in [0, 0.05) is 24.4 Å². The number of hydrogen-bond donors (Lipinski definition) is 3. The van der Waals surface area contributed by atoms with Crippen LogP contribution >= 0.6 is 0 Å². The van der Waals surface area contributed by atoms with E-state index >= 15 is 0 Å². The molecule has 0 bridgehead atoms. The van der Waals surface area contributed by atoms with Gasteiger partial charge in [-0.3, -0.25) is 0 Å². The third-order valence-corrected chi connectivity index (χ3v) is 6.31. The van der Waals surface area contributed by atoms with Crippen LogP contribution in [0.3, 0.4) is 0 Å². The summed E-state index contributed by atoms with van der Waals surface area (Å²) in [7, 11) is 0. The molecule has 118 valence electrons. The van der Waals surface area contributed by atoms with Gasteiger partial charge in [0.25, 0.3) is 0 Å². The Labute approximate surface area is 124 Å². The lowest BCUT2D eigenvalue weighted by atomic mass is 9.55. The predicted molar refractivity (Wildman–Crippen MR) is 84.6 cm³/mol. The molecule has 0 aromatic heterocycles. The Morgan fingerprint density at radius 1 is 1.20 bits per heavy atom. The Bertz CT molecular complexity index is 299. The fourth-order valence-corrected chi connectivity index (χ4v) is 4.85. The molecule has 2 fully saturated rings. The van der Waals surface area contributed by atoms with Crippen LogP contribution in [-0.2, 0) is 0 Å². The average molecular weight is 282 g/mol. The van der Waals surface area contributed by atoms with Gasteiger partial charge in [-0.15, -0.1) is 0 Å². The summed E-state index contributed by atoms with van der Waals surface area (Å²) in [5, 5.41) is 15.0. The molecule has 1 saturated carbocycles. The molecule has 0 aromatic carbocycles. The number of aliphatic hydroxyl groups is 1. The summed E-state index contributed by atoms with van der Waals surface area (Å²) >= 11 is 0. The highest BCUT2D eigenvalue weighted by Crippen LogP contribution is 2.52. The van der Waals surface area contributed by atoms with Crippen LogP contribution in [0.1, 0.15) is 65.2 Å². The first-order valence-electron chi connectivity index (χ1n) is 8.75. The van der Waals surface area contributed by atoms with Crippen molar-refractivity contribution in [3.05, 3.63) is 0 Å². The first kappa shape index (κ1) is 16.3. The Kier molecular flexibility index (Phi) is 5.49. The van der Waals surface area contributed by atoms with Crippen LogP contribution in [0.5, 0.6) is 0 Å². The minimum absolute atomic E-state index is 0.0278. The van der Waals surface area contributed by atoms with E-state index in [1.807, 2.05) is 0 Å². The summed E-state index contributed by atoms with van der Waals surface area (Å²) in [6.45, 7) is 7.02. The van der Waals surface area contributed by atoms with Crippen LogP contribution in [0.15, 0.2) is 0 Å². The number of piperidine rings is 1. The van der Waals surface area contributed by atoms with Crippen molar-refractivity contribution in [1.29, 1.82) is 0 Å². The van der Waals surface area contributed by atoms with E-state index in [1.54, 1.807) is 0 Å². The molecule has 0 spiro atoms. The van der Waals surface area contributed by atoms with Gasteiger partial charge in [0.15, 0.2) is 0 Å². The van der Waals surface area contributed by atoms with Crippen molar-refractivity contribution < 1.29 is 5.11 Å². The molecule has 0 amide bonds. The molecule has 20 heavy (non-hydrogen) atoms. The van der Waals surface area contributed by atoms with Crippen molar-refractivity contribution in [2.45, 2.75) is 70.8 Å². The zero-order valence-electron chi connectivity index (χ0n) is 13.5. The minimum atomic E-state index is -0.543. The van der Waals surface area contributed by atoms with Crippen LogP contribution < -0.4 is 11.1 Å². The molecule has 1 aliphatic carbocycles. The molecule has 2 atom stereocenters. The topological polar surface area (TPSA) is 58.3 Å². The Morgan fingerprint density at radius 3 is 2.45 bits per heavy atom. The monoisotopic (exact) mass is 282 g/mol. The van der Waals surface area contributed by atoms with Crippen LogP contribution in [0, 0.1) is 17.3 Å². The summed E-state index contributed by atoms with van der Waals surface area (Å²) in [5.74, 6) is 1.23. The van der Waals surface area contributed by atoms with Gasteiger partial charge in [-0.25, -0.2) is 0 Å². The lowest BCUT2D eigenvalue weighted by molar-refractivity contribution is -0.157. The normalized spacial score (nSPS) is 42.6. The first-order valence-corrected chi connectivity index (χ1v) is 8.75. The summed E-state index contributed by atoms with van der Waals surface area (Å²) < 4.78 is 0. The van der Waals surface area contributed by atoms with Gasteiger partial charge in [-0.05, 0) is 51.0 Å². The number of nitrogens with two attached hydrogens (primary N) is 1. The molecule has 2 aliphatic rings. The van der Waals surface area contributed by atoms with E-state index < -0.39 is 5.60 Å². The van der Waals surface area contributed by atoms with Crippen molar-refractivity contribution >= 4 is 0 Å². The van der Waals surface area contributed by atoms with Gasteiger partial charge >= 0.3 is 0 Å². The lowest BCUT2D eigenvalue weighted by Gasteiger charge is -2.55. The third kappa shape index (κ3) is 2.77. The maximum absolute atomic E-state index is 11.5. The van der Waals surface area contributed by atoms with Gasteiger partial charge in [-0.2, -0.15) is 0 Å². The van der Waals surface area contributed by atoms with Gasteiger partial charge < -0.3 is 16.2 Å². The summed E-state index contributed by atoms with van der Waals surface area (Å²) in [4.78, 5) is 0. The maximum Gasteiger partial charge on any atom is 0.0767 e. The highest BCUT2D eigenvalue weighted by Gasteiger charge is 2.54. The molecule has 3 nitrogen and oxygen atoms in total. The zero-order chi connectivity index (χ0) is 14.6. The van der Waals surface area contributed by atoms with E-state index in [9.17, 15) is 5.11 Å². The van der Waals surface area contributed by atoms with Crippen molar-refractivity contribution in [2.24, 2.45) is 23.0 Å². The minimum Gasteiger partial charge on any atom is -0.389 e. The highest BCUT2D eigenvalue weighted by molar-refractivity contribution is 5.07. The molecular weight excluding hydrogens is 248 g/mol. The molecule has 3 heteroatoms. The molecule has 4 N–H and O–H groups in total. The fourth-order valence-electron chi connectivity index (χ4n) is 4.85. The standard InChI is InChI=1S/C17H34N2O/c1-3-5-14-6-8-16(13-18,9-7-14)17(20)10-11-19-12-15(17)4-2/h14-15,19-20H,3-13,18H2,1-2H3. The zero-order valence-corrected chi connectivity index (χ0v) is 13.5. The second-order valence-electron chi connectivity index (χ2n) is 7.20.